The molecular formula is C16H21F3N2O4. The Balaban J connectivity index is 2.41. The summed E-state index contributed by atoms with van der Waals surface area (Å²) in [6, 6.07) is 5.52. The van der Waals surface area contributed by atoms with E-state index in [4.69, 9.17) is 4.74 Å². The van der Waals surface area contributed by atoms with Gasteiger partial charge in [-0.25, -0.2) is 4.79 Å². The van der Waals surface area contributed by atoms with Crippen LogP contribution < -0.4 is 15.4 Å². The Bertz CT molecular complexity index is 598. The lowest BCUT2D eigenvalue weighted by molar-refractivity contribution is -0.274. The van der Waals surface area contributed by atoms with Gasteiger partial charge in [-0.3, -0.25) is 4.79 Å². The van der Waals surface area contributed by atoms with Crippen LogP contribution in [0.15, 0.2) is 24.3 Å². The summed E-state index contributed by atoms with van der Waals surface area (Å²) in [6.45, 7) is 5.04. The molecule has 25 heavy (non-hydrogen) atoms. The zero-order chi connectivity index (χ0) is 19.1. The molecular weight excluding hydrogens is 341 g/mol. The standard InChI is InChI=1S/C16H21F3N2O4/c1-15(2,3)25-14(23)20-9-8-13(22)21-10-11-6-4-5-7-12(11)24-16(17,18)19/h4-7H,8-10H2,1-3H3,(H,20,23)(H,21,22). The smallest absolute Gasteiger partial charge is 0.444 e. The minimum Gasteiger partial charge on any atom is -0.444 e. The van der Waals surface area contributed by atoms with E-state index in [9.17, 15) is 22.8 Å². The first-order chi connectivity index (χ1) is 11.5. The second-order valence-electron chi connectivity index (χ2n) is 6.11. The van der Waals surface area contributed by atoms with Crippen molar-refractivity contribution in [3.8, 4) is 5.75 Å². The summed E-state index contributed by atoms with van der Waals surface area (Å²) in [5.74, 6) is -0.806. The van der Waals surface area contributed by atoms with Crippen LogP contribution in [0.4, 0.5) is 18.0 Å². The number of alkyl carbamates (subject to hydrolysis) is 1. The van der Waals surface area contributed by atoms with Gasteiger partial charge in [0.2, 0.25) is 5.91 Å². The molecule has 2 amide bonds. The van der Waals surface area contributed by atoms with E-state index < -0.39 is 24.0 Å². The Morgan fingerprint density at radius 3 is 2.32 bits per heavy atom. The van der Waals surface area contributed by atoms with E-state index in [0.717, 1.165) is 0 Å². The van der Waals surface area contributed by atoms with Gasteiger partial charge in [0.05, 0.1) is 0 Å². The van der Waals surface area contributed by atoms with Gasteiger partial charge in [-0.15, -0.1) is 13.2 Å². The highest BCUT2D eigenvalue weighted by Crippen LogP contribution is 2.26. The first-order valence-electron chi connectivity index (χ1n) is 7.53. The third kappa shape index (κ3) is 9.43. The molecule has 9 heteroatoms. The van der Waals surface area contributed by atoms with Crippen molar-refractivity contribution >= 4 is 12.0 Å². The summed E-state index contributed by atoms with van der Waals surface area (Å²) in [5.41, 5.74) is -0.456. The number of ether oxygens (including phenoxy) is 2. The number of nitrogens with one attached hydrogen (secondary N) is 2. The van der Waals surface area contributed by atoms with Crippen LogP contribution in [-0.2, 0) is 16.1 Å². The third-order valence-electron chi connectivity index (χ3n) is 2.69. The van der Waals surface area contributed by atoms with Gasteiger partial charge in [0.15, 0.2) is 0 Å². The van der Waals surface area contributed by atoms with Gasteiger partial charge < -0.3 is 20.1 Å². The first kappa shape index (κ1) is 20.6. The quantitative estimate of drug-likeness (QED) is 0.815. The molecule has 0 bridgehead atoms. The zero-order valence-electron chi connectivity index (χ0n) is 14.2. The number of para-hydroxylation sites is 1. The van der Waals surface area contributed by atoms with Crippen molar-refractivity contribution in [3.05, 3.63) is 29.8 Å². The predicted molar refractivity (Wildman–Crippen MR) is 83.8 cm³/mol. The molecule has 0 saturated heterocycles. The highest BCUT2D eigenvalue weighted by molar-refractivity contribution is 5.77. The summed E-state index contributed by atoms with van der Waals surface area (Å²) in [5, 5.41) is 4.88. The van der Waals surface area contributed by atoms with Crippen molar-refractivity contribution in [2.24, 2.45) is 0 Å². The van der Waals surface area contributed by atoms with Gasteiger partial charge in [-0.05, 0) is 26.8 Å². The molecule has 0 aliphatic heterocycles. The van der Waals surface area contributed by atoms with E-state index in [1.165, 1.54) is 24.3 Å². The molecule has 1 rings (SSSR count). The minimum atomic E-state index is -4.81. The van der Waals surface area contributed by atoms with Crippen LogP contribution in [-0.4, -0.2) is 30.5 Å². The fraction of sp³-hybridized carbons (Fsp3) is 0.500. The van der Waals surface area contributed by atoms with E-state index >= 15 is 0 Å². The van der Waals surface area contributed by atoms with Gasteiger partial charge in [0.25, 0.3) is 0 Å². The van der Waals surface area contributed by atoms with E-state index in [2.05, 4.69) is 15.4 Å². The maximum Gasteiger partial charge on any atom is 0.573 e. The fourth-order valence-corrected chi connectivity index (χ4v) is 1.75. The second kappa shape index (κ2) is 8.59. The van der Waals surface area contributed by atoms with Crippen LogP contribution in [0.25, 0.3) is 0 Å². The molecule has 2 N–H and O–H groups in total. The number of halogens is 3. The average Bonchev–Trinajstić information content (AvgIpc) is 2.42. The lowest BCUT2D eigenvalue weighted by Crippen LogP contribution is -2.35. The molecule has 0 aliphatic rings. The summed E-state index contributed by atoms with van der Waals surface area (Å²) in [7, 11) is 0. The van der Waals surface area contributed by atoms with Crippen LogP contribution >= 0.6 is 0 Å². The van der Waals surface area contributed by atoms with Crippen molar-refractivity contribution < 1.29 is 32.2 Å². The zero-order valence-corrected chi connectivity index (χ0v) is 14.2. The molecule has 0 atom stereocenters. The van der Waals surface area contributed by atoms with Crippen LogP contribution in [0.5, 0.6) is 5.75 Å². The van der Waals surface area contributed by atoms with Crippen LogP contribution in [0, 0.1) is 0 Å². The molecule has 0 spiro atoms. The maximum absolute atomic E-state index is 12.3. The molecule has 0 unspecified atom stereocenters. The SMILES string of the molecule is CC(C)(C)OC(=O)NCCC(=O)NCc1ccccc1OC(F)(F)F. The summed E-state index contributed by atoms with van der Waals surface area (Å²) < 4.78 is 45.9. The van der Waals surface area contributed by atoms with Gasteiger partial charge in [0.1, 0.15) is 11.4 Å². The van der Waals surface area contributed by atoms with Crippen LogP contribution in [0.3, 0.4) is 0 Å². The lowest BCUT2D eigenvalue weighted by Gasteiger charge is -2.19. The average molecular weight is 362 g/mol. The van der Waals surface area contributed by atoms with Gasteiger partial charge in [0, 0.05) is 25.1 Å². The molecule has 0 radical (unpaired) electrons. The summed E-state index contributed by atoms with van der Waals surface area (Å²) in [6.07, 6.45) is -5.50. The van der Waals surface area contributed by atoms with Gasteiger partial charge >= 0.3 is 12.5 Å². The largest absolute Gasteiger partial charge is 0.573 e. The molecule has 0 heterocycles. The molecule has 0 saturated carbocycles. The lowest BCUT2D eigenvalue weighted by atomic mass is 10.2. The highest BCUT2D eigenvalue weighted by Gasteiger charge is 2.31. The predicted octanol–water partition coefficient (Wildman–Crippen LogP) is 3.12. The topological polar surface area (TPSA) is 76.7 Å². The van der Waals surface area contributed by atoms with Crippen molar-refractivity contribution in [2.45, 2.75) is 45.7 Å². The van der Waals surface area contributed by atoms with E-state index in [1.807, 2.05) is 0 Å². The van der Waals surface area contributed by atoms with E-state index in [0.29, 0.717) is 0 Å². The third-order valence-corrected chi connectivity index (χ3v) is 2.69. The monoisotopic (exact) mass is 362 g/mol. The van der Waals surface area contributed by atoms with Crippen molar-refractivity contribution in [1.29, 1.82) is 0 Å². The van der Waals surface area contributed by atoms with Crippen molar-refractivity contribution in [3.63, 3.8) is 0 Å². The minimum absolute atomic E-state index is 0.0401. The molecule has 140 valence electrons. The fourth-order valence-electron chi connectivity index (χ4n) is 1.75. The van der Waals surface area contributed by atoms with Crippen LogP contribution in [0.2, 0.25) is 0 Å². The number of hydrogen-bond donors (Lipinski definition) is 2. The van der Waals surface area contributed by atoms with Crippen molar-refractivity contribution in [2.75, 3.05) is 6.54 Å². The molecule has 1 aromatic rings. The number of carbonyl (C=O) groups excluding carboxylic acids is 2. The number of carbonyl (C=O) groups is 2. The number of hydrogen-bond acceptors (Lipinski definition) is 4. The van der Waals surface area contributed by atoms with E-state index in [-0.39, 0.29) is 30.8 Å². The number of alkyl halides is 3. The normalized spacial score (nSPS) is 11.6. The molecule has 1 aromatic carbocycles. The number of amides is 2. The van der Waals surface area contributed by atoms with Gasteiger partial charge in [-0.2, -0.15) is 0 Å². The van der Waals surface area contributed by atoms with Crippen LogP contribution in [0.1, 0.15) is 32.8 Å². The molecule has 0 aliphatic carbocycles. The Kier molecular flexibility index (Phi) is 7.08. The highest BCUT2D eigenvalue weighted by atomic mass is 19.4. The molecule has 0 aromatic heterocycles. The molecule has 6 nitrogen and oxygen atoms in total. The Morgan fingerprint density at radius 1 is 1.08 bits per heavy atom. The first-order valence-corrected chi connectivity index (χ1v) is 7.53. The summed E-state index contributed by atoms with van der Waals surface area (Å²) >= 11 is 0. The molecule has 0 fully saturated rings. The Morgan fingerprint density at radius 2 is 1.72 bits per heavy atom. The number of benzene rings is 1. The number of rotatable bonds is 6. The van der Waals surface area contributed by atoms with E-state index in [1.54, 1.807) is 20.8 Å². The second-order valence-corrected chi connectivity index (χ2v) is 6.11. The Hall–Kier alpha value is -2.45. The van der Waals surface area contributed by atoms with Gasteiger partial charge in [-0.1, -0.05) is 18.2 Å². The van der Waals surface area contributed by atoms with Crippen molar-refractivity contribution in [1.82, 2.24) is 10.6 Å². The Labute approximate surface area is 143 Å². The maximum atomic E-state index is 12.3. The summed E-state index contributed by atoms with van der Waals surface area (Å²) in [4.78, 5) is 23.1.